The van der Waals surface area contributed by atoms with Crippen LogP contribution in [0.5, 0.6) is 0 Å². The summed E-state index contributed by atoms with van der Waals surface area (Å²) in [5.74, 6) is 0.354. The summed E-state index contributed by atoms with van der Waals surface area (Å²) in [6.07, 6.45) is 9.77. The number of oxime groups is 1. The second-order valence-corrected chi connectivity index (χ2v) is 4.66. The van der Waals surface area contributed by atoms with Crippen molar-refractivity contribution < 1.29 is 5.21 Å². The Morgan fingerprint density at radius 3 is 2.31 bits per heavy atom. The molecule has 1 aliphatic heterocycles. The zero-order chi connectivity index (χ0) is 11.6. The SMILES string of the molecule is N/C(CCCCN1CCCCCCC1)=N/O. The van der Waals surface area contributed by atoms with Crippen LogP contribution in [0.4, 0.5) is 0 Å². The van der Waals surface area contributed by atoms with Gasteiger partial charge in [0.25, 0.3) is 0 Å². The van der Waals surface area contributed by atoms with Gasteiger partial charge in [-0.1, -0.05) is 24.4 Å². The van der Waals surface area contributed by atoms with Gasteiger partial charge in [0.2, 0.25) is 0 Å². The van der Waals surface area contributed by atoms with Gasteiger partial charge in [-0.25, -0.2) is 0 Å². The van der Waals surface area contributed by atoms with Crippen molar-refractivity contribution in [3.8, 4) is 0 Å². The van der Waals surface area contributed by atoms with Crippen LogP contribution >= 0.6 is 0 Å². The van der Waals surface area contributed by atoms with E-state index in [1.165, 1.54) is 51.7 Å². The topological polar surface area (TPSA) is 61.8 Å². The molecule has 1 heterocycles. The summed E-state index contributed by atoms with van der Waals surface area (Å²) >= 11 is 0. The molecule has 0 unspecified atom stereocenters. The van der Waals surface area contributed by atoms with E-state index in [2.05, 4.69) is 10.1 Å². The maximum Gasteiger partial charge on any atom is 0.139 e. The number of hydrogen-bond donors (Lipinski definition) is 2. The number of nitrogens with zero attached hydrogens (tertiary/aromatic N) is 2. The second kappa shape index (κ2) is 8.39. The van der Waals surface area contributed by atoms with E-state index >= 15 is 0 Å². The van der Waals surface area contributed by atoms with Crippen LogP contribution in [-0.4, -0.2) is 35.6 Å². The van der Waals surface area contributed by atoms with Gasteiger partial charge in [0, 0.05) is 6.42 Å². The summed E-state index contributed by atoms with van der Waals surface area (Å²) in [6, 6.07) is 0. The quantitative estimate of drug-likeness (QED) is 0.249. The van der Waals surface area contributed by atoms with Crippen molar-refractivity contribution in [3.63, 3.8) is 0 Å². The highest BCUT2D eigenvalue weighted by atomic mass is 16.4. The highest BCUT2D eigenvalue weighted by molar-refractivity contribution is 5.79. The third kappa shape index (κ3) is 5.95. The van der Waals surface area contributed by atoms with Crippen molar-refractivity contribution in [3.05, 3.63) is 0 Å². The fraction of sp³-hybridized carbons (Fsp3) is 0.917. The Hall–Kier alpha value is -0.770. The van der Waals surface area contributed by atoms with E-state index in [-0.39, 0.29) is 0 Å². The molecule has 0 spiro atoms. The average molecular weight is 227 g/mol. The van der Waals surface area contributed by atoms with Crippen molar-refractivity contribution in [2.45, 2.75) is 51.4 Å². The number of hydrogen-bond acceptors (Lipinski definition) is 3. The normalized spacial score (nSPS) is 20.4. The highest BCUT2D eigenvalue weighted by Gasteiger charge is 2.07. The van der Waals surface area contributed by atoms with Crippen molar-refractivity contribution in [1.29, 1.82) is 0 Å². The van der Waals surface area contributed by atoms with Gasteiger partial charge in [-0.05, 0) is 45.3 Å². The predicted molar refractivity (Wildman–Crippen MR) is 66.8 cm³/mol. The maximum atomic E-state index is 8.40. The van der Waals surface area contributed by atoms with E-state index in [0.717, 1.165) is 12.8 Å². The molecule has 1 saturated heterocycles. The molecule has 0 amide bonds. The third-order valence-electron chi connectivity index (χ3n) is 3.23. The van der Waals surface area contributed by atoms with Crippen LogP contribution in [0.25, 0.3) is 0 Å². The van der Waals surface area contributed by atoms with Gasteiger partial charge in [0.05, 0.1) is 0 Å². The van der Waals surface area contributed by atoms with Crippen molar-refractivity contribution in [2.24, 2.45) is 10.9 Å². The lowest BCUT2D eigenvalue weighted by atomic mass is 10.1. The summed E-state index contributed by atoms with van der Waals surface area (Å²) in [5.41, 5.74) is 5.42. The lowest BCUT2D eigenvalue weighted by Gasteiger charge is -2.24. The summed E-state index contributed by atoms with van der Waals surface area (Å²) in [4.78, 5) is 2.56. The standard InChI is InChI=1S/C12H25N3O/c13-12(14-16)8-4-7-11-15-9-5-2-1-3-6-10-15/h16H,1-11H2,(H2,13,14). The minimum Gasteiger partial charge on any atom is -0.409 e. The summed E-state index contributed by atoms with van der Waals surface area (Å²) in [7, 11) is 0. The number of likely N-dealkylation sites (tertiary alicyclic amines) is 1. The van der Waals surface area contributed by atoms with Crippen molar-refractivity contribution >= 4 is 5.84 Å². The molecular formula is C12H25N3O. The van der Waals surface area contributed by atoms with E-state index in [9.17, 15) is 0 Å². The predicted octanol–water partition coefficient (Wildman–Crippen LogP) is 2.17. The molecular weight excluding hydrogens is 202 g/mol. The first-order valence-corrected chi connectivity index (χ1v) is 6.51. The van der Waals surface area contributed by atoms with Crippen LogP contribution in [0.2, 0.25) is 0 Å². The molecule has 4 nitrogen and oxygen atoms in total. The molecule has 4 heteroatoms. The second-order valence-electron chi connectivity index (χ2n) is 4.66. The number of rotatable bonds is 5. The molecule has 0 radical (unpaired) electrons. The minimum absolute atomic E-state index is 0.354. The van der Waals surface area contributed by atoms with Gasteiger partial charge < -0.3 is 15.8 Å². The first-order valence-electron chi connectivity index (χ1n) is 6.51. The number of amidine groups is 1. The van der Waals surface area contributed by atoms with Crippen LogP contribution in [0.15, 0.2) is 5.16 Å². The number of nitrogens with two attached hydrogens (primary N) is 1. The van der Waals surface area contributed by atoms with Crippen molar-refractivity contribution in [1.82, 2.24) is 4.90 Å². The lowest BCUT2D eigenvalue weighted by Crippen LogP contribution is -2.28. The van der Waals surface area contributed by atoms with Gasteiger partial charge in [0.15, 0.2) is 0 Å². The Morgan fingerprint density at radius 1 is 1.06 bits per heavy atom. The molecule has 0 bridgehead atoms. The molecule has 94 valence electrons. The number of unbranched alkanes of at least 4 members (excludes halogenated alkanes) is 1. The highest BCUT2D eigenvalue weighted by Crippen LogP contribution is 2.11. The van der Waals surface area contributed by atoms with E-state index < -0.39 is 0 Å². The molecule has 0 atom stereocenters. The molecule has 1 rings (SSSR count). The molecule has 1 aliphatic rings. The van der Waals surface area contributed by atoms with E-state index in [1.54, 1.807) is 0 Å². The largest absolute Gasteiger partial charge is 0.409 e. The minimum atomic E-state index is 0.354. The molecule has 0 saturated carbocycles. The Balaban J connectivity index is 2.06. The Kier molecular flexibility index (Phi) is 6.97. The van der Waals surface area contributed by atoms with Gasteiger partial charge in [-0.15, -0.1) is 0 Å². The lowest BCUT2D eigenvalue weighted by molar-refractivity contribution is 0.243. The maximum absolute atomic E-state index is 8.40. The van der Waals surface area contributed by atoms with E-state index in [0.29, 0.717) is 12.3 Å². The van der Waals surface area contributed by atoms with Crippen LogP contribution < -0.4 is 5.73 Å². The Morgan fingerprint density at radius 2 is 1.69 bits per heavy atom. The van der Waals surface area contributed by atoms with Crippen LogP contribution in [0.3, 0.4) is 0 Å². The van der Waals surface area contributed by atoms with E-state index in [1.807, 2.05) is 0 Å². The molecule has 16 heavy (non-hydrogen) atoms. The Bertz CT molecular complexity index is 198. The molecule has 1 fully saturated rings. The first-order chi connectivity index (χ1) is 7.83. The smallest absolute Gasteiger partial charge is 0.139 e. The van der Waals surface area contributed by atoms with Gasteiger partial charge in [-0.2, -0.15) is 0 Å². The fourth-order valence-corrected chi connectivity index (χ4v) is 2.23. The molecule has 0 aromatic heterocycles. The summed E-state index contributed by atoms with van der Waals surface area (Å²) in [5, 5.41) is 11.4. The average Bonchev–Trinajstić information content (AvgIpc) is 2.26. The van der Waals surface area contributed by atoms with Gasteiger partial charge >= 0.3 is 0 Å². The van der Waals surface area contributed by atoms with Crippen LogP contribution in [-0.2, 0) is 0 Å². The summed E-state index contributed by atoms with van der Waals surface area (Å²) in [6.45, 7) is 3.67. The molecule has 0 aromatic rings. The van der Waals surface area contributed by atoms with E-state index in [4.69, 9.17) is 10.9 Å². The zero-order valence-corrected chi connectivity index (χ0v) is 10.2. The summed E-state index contributed by atoms with van der Waals surface area (Å²) < 4.78 is 0. The van der Waals surface area contributed by atoms with Crippen LogP contribution in [0.1, 0.15) is 51.4 Å². The monoisotopic (exact) mass is 227 g/mol. The molecule has 3 N–H and O–H groups in total. The zero-order valence-electron chi connectivity index (χ0n) is 10.2. The van der Waals surface area contributed by atoms with Gasteiger partial charge in [-0.3, -0.25) is 0 Å². The molecule has 0 aromatic carbocycles. The Labute approximate surface area is 98.5 Å². The van der Waals surface area contributed by atoms with Crippen LogP contribution in [0, 0.1) is 0 Å². The van der Waals surface area contributed by atoms with Gasteiger partial charge in [0.1, 0.15) is 5.84 Å². The third-order valence-corrected chi connectivity index (χ3v) is 3.23. The first kappa shape index (κ1) is 13.3. The molecule has 0 aliphatic carbocycles. The van der Waals surface area contributed by atoms with Crippen molar-refractivity contribution in [2.75, 3.05) is 19.6 Å². The fourth-order valence-electron chi connectivity index (χ4n) is 2.23.